The minimum absolute atomic E-state index is 0.0241. The Balaban J connectivity index is 2.73. The van der Waals surface area contributed by atoms with E-state index in [9.17, 15) is 0 Å². The Morgan fingerprint density at radius 3 is 2.44 bits per heavy atom. The van der Waals surface area contributed by atoms with Crippen LogP contribution in [0.2, 0.25) is 0 Å². The third-order valence-corrected chi connectivity index (χ3v) is 2.61. The van der Waals surface area contributed by atoms with Crippen LogP contribution in [0, 0.1) is 0 Å². The molecule has 2 aromatic carbocycles. The minimum Gasteiger partial charge on any atom is -0.493 e. The van der Waals surface area contributed by atoms with Gasteiger partial charge < -0.3 is 14.6 Å². The first-order chi connectivity index (χ1) is 7.80. The molecular formula is C13H14O3. The van der Waals surface area contributed by atoms with Gasteiger partial charge in [-0.15, -0.1) is 0 Å². The van der Waals surface area contributed by atoms with Crippen LogP contribution < -0.4 is 9.47 Å². The maximum Gasteiger partial charge on any atom is 0.168 e. The van der Waals surface area contributed by atoms with E-state index in [1.165, 1.54) is 0 Å². The Kier molecular flexibility index (Phi) is 2.97. The predicted molar refractivity (Wildman–Crippen MR) is 63.0 cm³/mol. The van der Waals surface area contributed by atoms with E-state index in [-0.39, 0.29) is 6.61 Å². The molecule has 0 saturated heterocycles. The summed E-state index contributed by atoms with van der Waals surface area (Å²) in [5.74, 6) is 1.40. The summed E-state index contributed by atoms with van der Waals surface area (Å²) >= 11 is 0. The van der Waals surface area contributed by atoms with Crippen LogP contribution in [0.25, 0.3) is 10.8 Å². The van der Waals surface area contributed by atoms with Gasteiger partial charge in [0.15, 0.2) is 11.5 Å². The van der Waals surface area contributed by atoms with E-state index in [0.29, 0.717) is 11.5 Å². The van der Waals surface area contributed by atoms with Gasteiger partial charge in [-0.05, 0) is 23.1 Å². The van der Waals surface area contributed by atoms with Crippen molar-refractivity contribution in [1.82, 2.24) is 0 Å². The highest BCUT2D eigenvalue weighted by Gasteiger charge is 2.08. The number of ether oxygens (including phenoxy) is 2. The fraction of sp³-hybridized carbons (Fsp3) is 0.231. The molecule has 0 aliphatic carbocycles. The van der Waals surface area contributed by atoms with Crippen molar-refractivity contribution < 1.29 is 14.6 Å². The Bertz CT molecular complexity index is 500. The summed E-state index contributed by atoms with van der Waals surface area (Å²) in [6, 6.07) is 9.62. The normalized spacial score (nSPS) is 10.4. The molecule has 0 aliphatic heterocycles. The fourth-order valence-corrected chi connectivity index (χ4v) is 1.79. The van der Waals surface area contributed by atoms with Crippen molar-refractivity contribution in [3.05, 3.63) is 35.9 Å². The van der Waals surface area contributed by atoms with Gasteiger partial charge in [-0.3, -0.25) is 0 Å². The lowest BCUT2D eigenvalue weighted by Crippen LogP contribution is -1.92. The highest BCUT2D eigenvalue weighted by molar-refractivity contribution is 5.91. The van der Waals surface area contributed by atoms with Crippen molar-refractivity contribution >= 4 is 10.8 Å². The summed E-state index contributed by atoms with van der Waals surface area (Å²) < 4.78 is 10.6. The lowest BCUT2D eigenvalue weighted by Gasteiger charge is -2.11. The summed E-state index contributed by atoms with van der Waals surface area (Å²) in [6.07, 6.45) is 0. The highest BCUT2D eigenvalue weighted by Crippen LogP contribution is 2.35. The minimum atomic E-state index is 0.0241. The second-order valence-electron chi connectivity index (χ2n) is 3.51. The molecule has 0 heterocycles. The SMILES string of the molecule is COc1ccc2ccc(CO)cc2c1OC. The van der Waals surface area contributed by atoms with Crippen molar-refractivity contribution in [2.24, 2.45) is 0 Å². The van der Waals surface area contributed by atoms with Crippen molar-refractivity contribution in [1.29, 1.82) is 0 Å². The average molecular weight is 218 g/mol. The smallest absolute Gasteiger partial charge is 0.168 e. The summed E-state index contributed by atoms with van der Waals surface area (Å²) in [5.41, 5.74) is 0.860. The third-order valence-electron chi connectivity index (χ3n) is 2.61. The Morgan fingerprint density at radius 2 is 1.81 bits per heavy atom. The average Bonchev–Trinajstić information content (AvgIpc) is 2.36. The van der Waals surface area contributed by atoms with Gasteiger partial charge in [0.25, 0.3) is 0 Å². The molecule has 1 N–H and O–H groups in total. The lowest BCUT2D eigenvalue weighted by atomic mass is 10.1. The molecule has 0 bridgehead atoms. The van der Waals surface area contributed by atoms with E-state index >= 15 is 0 Å². The quantitative estimate of drug-likeness (QED) is 0.859. The first kappa shape index (κ1) is 10.8. The van der Waals surface area contributed by atoms with Crippen LogP contribution in [0.5, 0.6) is 11.5 Å². The molecule has 16 heavy (non-hydrogen) atoms. The zero-order valence-electron chi connectivity index (χ0n) is 9.36. The zero-order chi connectivity index (χ0) is 11.5. The van der Waals surface area contributed by atoms with Crippen molar-refractivity contribution in [2.45, 2.75) is 6.61 Å². The maximum atomic E-state index is 9.12. The van der Waals surface area contributed by atoms with Crippen LogP contribution in [0.1, 0.15) is 5.56 Å². The van der Waals surface area contributed by atoms with Gasteiger partial charge in [-0.25, -0.2) is 0 Å². The molecule has 3 heteroatoms. The second-order valence-corrected chi connectivity index (χ2v) is 3.51. The molecule has 0 aromatic heterocycles. The number of hydrogen-bond acceptors (Lipinski definition) is 3. The summed E-state index contributed by atoms with van der Waals surface area (Å²) in [5, 5.41) is 11.1. The number of methoxy groups -OCH3 is 2. The molecule has 0 unspecified atom stereocenters. The lowest BCUT2D eigenvalue weighted by molar-refractivity contribution is 0.282. The van der Waals surface area contributed by atoms with Gasteiger partial charge in [0.2, 0.25) is 0 Å². The largest absolute Gasteiger partial charge is 0.493 e. The molecule has 0 saturated carbocycles. The molecule has 3 nitrogen and oxygen atoms in total. The highest BCUT2D eigenvalue weighted by atomic mass is 16.5. The Hall–Kier alpha value is -1.74. The number of aliphatic hydroxyl groups excluding tert-OH is 1. The van der Waals surface area contributed by atoms with Crippen LogP contribution in [-0.2, 0) is 6.61 Å². The summed E-state index contributed by atoms with van der Waals surface area (Å²) in [7, 11) is 3.22. The van der Waals surface area contributed by atoms with Crippen LogP contribution in [0.3, 0.4) is 0 Å². The van der Waals surface area contributed by atoms with Gasteiger partial charge in [-0.1, -0.05) is 18.2 Å². The number of aliphatic hydroxyl groups is 1. The van der Waals surface area contributed by atoms with Crippen LogP contribution in [-0.4, -0.2) is 19.3 Å². The van der Waals surface area contributed by atoms with Crippen LogP contribution in [0.4, 0.5) is 0 Å². The van der Waals surface area contributed by atoms with Gasteiger partial charge >= 0.3 is 0 Å². The van der Waals surface area contributed by atoms with Gasteiger partial charge in [0.05, 0.1) is 20.8 Å². The molecule has 2 aromatic rings. The summed E-state index contributed by atoms with van der Waals surface area (Å²) in [4.78, 5) is 0. The molecule has 0 fully saturated rings. The maximum absolute atomic E-state index is 9.12. The molecular weight excluding hydrogens is 204 g/mol. The number of rotatable bonds is 3. The molecule has 84 valence electrons. The van der Waals surface area contributed by atoms with E-state index < -0.39 is 0 Å². The van der Waals surface area contributed by atoms with Crippen LogP contribution in [0.15, 0.2) is 30.3 Å². The van der Waals surface area contributed by atoms with E-state index in [1.807, 2.05) is 30.3 Å². The topological polar surface area (TPSA) is 38.7 Å². The molecule has 2 rings (SSSR count). The van der Waals surface area contributed by atoms with Crippen molar-refractivity contribution in [3.63, 3.8) is 0 Å². The van der Waals surface area contributed by atoms with E-state index in [4.69, 9.17) is 14.6 Å². The Morgan fingerprint density at radius 1 is 1.06 bits per heavy atom. The van der Waals surface area contributed by atoms with Crippen molar-refractivity contribution in [2.75, 3.05) is 14.2 Å². The standard InChI is InChI=1S/C13H14O3/c1-15-12-6-5-10-4-3-9(8-14)7-11(10)13(12)16-2/h3-7,14H,8H2,1-2H3. The van der Waals surface area contributed by atoms with Crippen LogP contribution >= 0.6 is 0 Å². The van der Waals surface area contributed by atoms with E-state index in [1.54, 1.807) is 14.2 Å². The monoisotopic (exact) mass is 218 g/mol. The first-order valence-corrected chi connectivity index (χ1v) is 5.04. The second kappa shape index (κ2) is 4.41. The molecule has 0 atom stereocenters. The Labute approximate surface area is 94.2 Å². The molecule has 0 amide bonds. The molecule has 0 spiro atoms. The van der Waals surface area contributed by atoms with E-state index in [2.05, 4.69) is 0 Å². The first-order valence-electron chi connectivity index (χ1n) is 5.04. The molecule has 0 aliphatic rings. The van der Waals surface area contributed by atoms with Gasteiger partial charge in [0.1, 0.15) is 0 Å². The van der Waals surface area contributed by atoms with Crippen molar-refractivity contribution in [3.8, 4) is 11.5 Å². The zero-order valence-corrected chi connectivity index (χ0v) is 9.36. The van der Waals surface area contributed by atoms with E-state index in [0.717, 1.165) is 16.3 Å². The molecule has 0 radical (unpaired) electrons. The number of hydrogen-bond donors (Lipinski definition) is 1. The van der Waals surface area contributed by atoms with Gasteiger partial charge in [0, 0.05) is 5.39 Å². The summed E-state index contributed by atoms with van der Waals surface area (Å²) in [6.45, 7) is 0.0241. The fourth-order valence-electron chi connectivity index (χ4n) is 1.79. The predicted octanol–water partition coefficient (Wildman–Crippen LogP) is 2.35. The number of benzene rings is 2. The third kappa shape index (κ3) is 1.70. The van der Waals surface area contributed by atoms with Gasteiger partial charge in [-0.2, -0.15) is 0 Å². The number of fused-ring (bicyclic) bond motifs is 1.